The van der Waals surface area contributed by atoms with Crippen LogP contribution in [0.4, 0.5) is 0 Å². The molecule has 1 unspecified atom stereocenters. The van der Waals surface area contributed by atoms with Crippen LogP contribution in [0.1, 0.15) is 32.6 Å². The largest absolute Gasteiger partial charge is 0.398 e. The van der Waals surface area contributed by atoms with Crippen molar-refractivity contribution in [1.29, 1.82) is 0 Å². The van der Waals surface area contributed by atoms with Gasteiger partial charge in [-0.25, -0.2) is 0 Å². The van der Waals surface area contributed by atoms with Gasteiger partial charge in [0.2, 0.25) is 0 Å². The first kappa shape index (κ1) is 19.1. The van der Waals surface area contributed by atoms with Gasteiger partial charge in [-0.15, -0.1) is 0 Å². The molecule has 1 rings (SSSR count). The molecule has 126 valence electrons. The van der Waals surface area contributed by atoms with Crippen LogP contribution in [0.3, 0.4) is 0 Å². The lowest BCUT2D eigenvalue weighted by atomic mass is 10.0. The summed E-state index contributed by atoms with van der Waals surface area (Å²) in [5.41, 5.74) is 0. The van der Waals surface area contributed by atoms with Crippen LogP contribution < -0.4 is 0 Å². The van der Waals surface area contributed by atoms with E-state index >= 15 is 0 Å². The minimum Gasteiger partial charge on any atom is -0.398 e. The molecule has 0 radical (unpaired) electrons. The fourth-order valence-electron chi connectivity index (χ4n) is 3.29. The second-order valence-electron chi connectivity index (χ2n) is 6.65. The molecular weight excluding hydrogens is 280 g/mol. The first-order chi connectivity index (χ1) is 10.0. The van der Waals surface area contributed by atoms with E-state index < -0.39 is 8.56 Å². The average molecular weight is 317 g/mol. The molecule has 21 heavy (non-hydrogen) atoms. The van der Waals surface area contributed by atoms with Crippen molar-refractivity contribution in [3.63, 3.8) is 0 Å². The number of likely N-dealkylation sites (N-methyl/N-ethyl adjacent to an activating group) is 2. The highest BCUT2D eigenvalue weighted by atomic mass is 28.4. The van der Waals surface area contributed by atoms with Crippen LogP contribution in [-0.2, 0) is 8.85 Å². The van der Waals surface area contributed by atoms with Crippen molar-refractivity contribution in [3.05, 3.63) is 0 Å². The molecule has 1 heterocycles. The first-order valence-corrected chi connectivity index (χ1v) is 10.8. The molecule has 1 fully saturated rings. The Balaban J connectivity index is 2.49. The molecule has 0 amide bonds. The van der Waals surface area contributed by atoms with E-state index in [9.17, 15) is 0 Å². The molecule has 1 saturated heterocycles. The van der Waals surface area contributed by atoms with E-state index in [-0.39, 0.29) is 0 Å². The van der Waals surface area contributed by atoms with Crippen molar-refractivity contribution in [2.24, 2.45) is 5.92 Å². The number of hydrogen-bond donors (Lipinski definition) is 0. The van der Waals surface area contributed by atoms with Gasteiger partial charge in [-0.05, 0) is 45.1 Å². The molecule has 1 aliphatic heterocycles. The molecule has 0 aromatic carbocycles. The highest BCUT2D eigenvalue weighted by Crippen LogP contribution is 2.31. The first-order valence-electron chi connectivity index (χ1n) is 8.52. The Kier molecular flexibility index (Phi) is 9.05. The van der Waals surface area contributed by atoms with Crippen LogP contribution >= 0.6 is 0 Å². The van der Waals surface area contributed by atoms with Gasteiger partial charge in [0.1, 0.15) is 0 Å². The normalized spacial score (nSPS) is 23.3. The zero-order chi connectivity index (χ0) is 15.7. The quantitative estimate of drug-likeness (QED) is 0.643. The molecule has 0 bridgehead atoms. The monoisotopic (exact) mass is 316 g/mol. The summed E-state index contributed by atoms with van der Waals surface area (Å²) in [7, 11) is 6.23. The zero-order valence-electron chi connectivity index (χ0n) is 14.9. The van der Waals surface area contributed by atoms with Crippen LogP contribution in [0.15, 0.2) is 0 Å². The van der Waals surface area contributed by atoms with Crippen molar-refractivity contribution in [1.82, 2.24) is 9.80 Å². The lowest BCUT2D eigenvalue weighted by Gasteiger charge is -2.35. The summed E-state index contributed by atoms with van der Waals surface area (Å²) in [6.07, 6.45) is 5.30. The molecule has 5 heteroatoms. The molecule has 0 aliphatic carbocycles. The smallest absolute Gasteiger partial charge is 0.337 e. The van der Waals surface area contributed by atoms with Crippen molar-refractivity contribution < 1.29 is 8.85 Å². The molecule has 0 aromatic rings. The molecule has 0 saturated carbocycles. The van der Waals surface area contributed by atoms with E-state index in [0.717, 1.165) is 31.6 Å². The van der Waals surface area contributed by atoms with E-state index in [1.165, 1.54) is 38.3 Å². The zero-order valence-corrected chi connectivity index (χ0v) is 15.9. The molecule has 0 aromatic heterocycles. The maximum Gasteiger partial charge on any atom is 0.337 e. The SMILES string of the molecule is CCN(C)CCN(C)CC1CCCCC[Si](OC)(OC)C1. The third-order valence-electron chi connectivity index (χ3n) is 4.99. The van der Waals surface area contributed by atoms with E-state index in [4.69, 9.17) is 8.85 Å². The standard InChI is InChI=1S/C16H36N2O2Si/c1-6-17(2)11-12-18(3)14-16-10-8-7-9-13-21(15-16,19-4)20-5/h16H,6-15H2,1-5H3. The Labute approximate surface area is 133 Å². The van der Waals surface area contributed by atoms with Crippen LogP contribution in [-0.4, -0.2) is 72.9 Å². The summed E-state index contributed by atoms with van der Waals surface area (Å²) in [4.78, 5) is 4.86. The highest BCUT2D eigenvalue weighted by Gasteiger charge is 2.38. The van der Waals surface area contributed by atoms with Crippen LogP contribution in [0.2, 0.25) is 12.1 Å². The second kappa shape index (κ2) is 9.95. The van der Waals surface area contributed by atoms with Crippen LogP contribution in [0, 0.1) is 5.92 Å². The van der Waals surface area contributed by atoms with Crippen molar-refractivity contribution in [2.45, 2.75) is 44.7 Å². The number of nitrogens with zero attached hydrogens (tertiary/aromatic N) is 2. The fraction of sp³-hybridized carbons (Fsp3) is 1.00. The van der Waals surface area contributed by atoms with Gasteiger partial charge in [0.15, 0.2) is 0 Å². The minimum atomic E-state index is -1.93. The van der Waals surface area contributed by atoms with Crippen LogP contribution in [0.5, 0.6) is 0 Å². The van der Waals surface area contributed by atoms with Crippen LogP contribution in [0.25, 0.3) is 0 Å². The maximum atomic E-state index is 5.88. The predicted molar refractivity (Wildman–Crippen MR) is 92.0 cm³/mol. The summed E-state index contributed by atoms with van der Waals surface area (Å²) in [5.74, 6) is 0.730. The van der Waals surface area contributed by atoms with Gasteiger partial charge in [0.25, 0.3) is 0 Å². The topological polar surface area (TPSA) is 24.9 Å². The number of hydrogen-bond acceptors (Lipinski definition) is 4. The Bertz CT molecular complexity index is 275. The van der Waals surface area contributed by atoms with E-state index in [0.29, 0.717) is 0 Å². The molecule has 4 nitrogen and oxygen atoms in total. The van der Waals surface area contributed by atoms with Crippen molar-refractivity contribution in [2.75, 3.05) is 54.5 Å². The van der Waals surface area contributed by atoms with E-state index in [1.807, 2.05) is 14.2 Å². The highest BCUT2D eigenvalue weighted by molar-refractivity contribution is 6.67. The van der Waals surface area contributed by atoms with Gasteiger partial charge in [-0.3, -0.25) is 0 Å². The fourth-order valence-corrected chi connectivity index (χ4v) is 6.40. The predicted octanol–water partition coefficient (Wildman–Crippen LogP) is 2.80. The summed E-state index contributed by atoms with van der Waals surface area (Å²) in [5, 5.41) is 0. The number of rotatable bonds is 8. The van der Waals surface area contributed by atoms with Crippen molar-refractivity contribution >= 4 is 8.56 Å². The Morgan fingerprint density at radius 1 is 1.00 bits per heavy atom. The second-order valence-corrected chi connectivity index (χ2v) is 10.2. The molecule has 0 spiro atoms. The van der Waals surface area contributed by atoms with Gasteiger partial charge in [0, 0.05) is 33.9 Å². The van der Waals surface area contributed by atoms with E-state index in [2.05, 4.69) is 30.8 Å². The van der Waals surface area contributed by atoms with Gasteiger partial charge in [0.05, 0.1) is 0 Å². The summed E-state index contributed by atoms with van der Waals surface area (Å²) in [6, 6.07) is 2.33. The minimum absolute atomic E-state index is 0.730. The van der Waals surface area contributed by atoms with Gasteiger partial charge in [-0.2, -0.15) is 0 Å². The lowest BCUT2D eigenvalue weighted by molar-refractivity contribution is 0.201. The summed E-state index contributed by atoms with van der Waals surface area (Å²) < 4.78 is 11.8. The molecular formula is C16H36N2O2Si. The van der Waals surface area contributed by atoms with Gasteiger partial charge >= 0.3 is 8.56 Å². The molecule has 0 N–H and O–H groups in total. The molecule has 1 aliphatic rings. The Morgan fingerprint density at radius 3 is 2.29 bits per heavy atom. The lowest BCUT2D eigenvalue weighted by Crippen LogP contribution is -2.44. The van der Waals surface area contributed by atoms with Gasteiger partial charge in [-0.1, -0.05) is 26.2 Å². The molecule has 1 atom stereocenters. The average Bonchev–Trinajstić information content (AvgIpc) is 2.47. The van der Waals surface area contributed by atoms with E-state index in [1.54, 1.807) is 0 Å². The summed E-state index contributed by atoms with van der Waals surface area (Å²) >= 11 is 0. The van der Waals surface area contributed by atoms with Crippen molar-refractivity contribution in [3.8, 4) is 0 Å². The summed E-state index contributed by atoms with van der Waals surface area (Å²) in [6.45, 7) is 6.82. The Morgan fingerprint density at radius 2 is 1.67 bits per heavy atom. The van der Waals surface area contributed by atoms with Gasteiger partial charge < -0.3 is 18.7 Å². The Hall–Kier alpha value is 0.0569. The third kappa shape index (κ3) is 6.78. The maximum absolute atomic E-state index is 5.88. The third-order valence-corrected chi connectivity index (χ3v) is 8.79.